The average Bonchev–Trinajstić information content (AvgIpc) is 2.09. The predicted octanol–water partition coefficient (Wildman–Crippen LogP) is 0.892. The van der Waals surface area contributed by atoms with Crippen LogP contribution in [0.25, 0.3) is 0 Å². The van der Waals surface area contributed by atoms with Crippen LogP contribution in [0.5, 0.6) is 0 Å². The maximum Gasteiger partial charge on any atom is 0.320 e. The van der Waals surface area contributed by atoms with Crippen molar-refractivity contribution >= 4 is 11.9 Å². The highest BCUT2D eigenvalue weighted by Crippen LogP contribution is 2.10. The number of carboxylic acid groups (broad SMARTS) is 2. The molecule has 0 amide bonds. The van der Waals surface area contributed by atoms with Crippen molar-refractivity contribution in [3.8, 4) is 0 Å². The van der Waals surface area contributed by atoms with E-state index in [2.05, 4.69) is 0 Å². The molecule has 0 heterocycles. The lowest BCUT2D eigenvalue weighted by molar-refractivity contribution is -0.145. The summed E-state index contributed by atoms with van der Waals surface area (Å²) in [6.45, 7) is 4.15. The molecule has 0 aliphatic rings. The molecule has 0 spiro atoms. The van der Waals surface area contributed by atoms with Gasteiger partial charge in [-0.1, -0.05) is 13.8 Å². The van der Waals surface area contributed by atoms with E-state index in [9.17, 15) is 9.59 Å². The number of nitrogens with zero attached hydrogens (tertiary/aromatic N) is 1. The van der Waals surface area contributed by atoms with Crippen LogP contribution >= 0.6 is 0 Å². The van der Waals surface area contributed by atoms with Gasteiger partial charge in [0.05, 0.1) is 6.42 Å². The number of aliphatic carboxylic acids is 2. The summed E-state index contributed by atoms with van der Waals surface area (Å²) in [5.74, 6) is -1.52. The van der Waals surface area contributed by atoms with Gasteiger partial charge in [-0.25, -0.2) is 0 Å². The number of rotatable bonds is 7. The molecule has 2 N–H and O–H groups in total. The lowest BCUT2D eigenvalue weighted by atomic mass is 10.0. The molecule has 0 radical (unpaired) electrons. The van der Waals surface area contributed by atoms with Crippen LogP contribution < -0.4 is 0 Å². The van der Waals surface area contributed by atoms with Gasteiger partial charge in [-0.05, 0) is 19.4 Å². The number of carboxylic acids is 2. The Morgan fingerprint density at radius 2 is 1.80 bits per heavy atom. The summed E-state index contributed by atoms with van der Waals surface area (Å²) < 4.78 is 0. The predicted molar refractivity (Wildman–Crippen MR) is 55.8 cm³/mol. The van der Waals surface area contributed by atoms with Crippen LogP contribution in [0.3, 0.4) is 0 Å². The summed E-state index contributed by atoms with van der Waals surface area (Å²) in [6.07, 6.45) is 0.504. The largest absolute Gasteiger partial charge is 0.481 e. The van der Waals surface area contributed by atoms with Crippen molar-refractivity contribution in [2.45, 2.75) is 32.7 Å². The first-order valence-electron chi connectivity index (χ1n) is 4.99. The lowest BCUT2D eigenvalue weighted by Gasteiger charge is -2.25. The lowest BCUT2D eigenvalue weighted by Crippen LogP contribution is -2.40. The van der Waals surface area contributed by atoms with Gasteiger partial charge in [0.2, 0.25) is 0 Å². The van der Waals surface area contributed by atoms with Crippen molar-refractivity contribution in [1.82, 2.24) is 4.90 Å². The highest BCUT2D eigenvalue weighted by Gasteiger charge is 2.23. The average molecular weight is 217 g/mol. The van der Waals surface area contributed by atoms with E-state index in [-0.39, 0.29) is 18.9 Å². The normalized spacial score (nSPS) is 13.1. The molecule has 0 aromatic carbocycles. The third kappa shape index (κ3) is 6.06. The van der Waals surface area contributed by atoms with Gasteiger partial charge in [0.1, 0.15) is 6.04 Å². The summed E-state index contributed by atoms with van der Waals surface area (Å²) in [6, 6.07) is -0.593. The molecule has 0 aromatic heterocycles. The van der Waals surface area contributed by atoms with Gasteiger partial charge in [-0.2, -0.15) is 0 Å². The fraction of sp³-hybridized carbons (Fsp3) is 0.800. The Hall–Kier alpha value is -1.10. The van der Waals surface area contributed by atoms with Crippen LogP contribution in [0, 0.1) is 5.92 Å². The number of likely N-dealkylation sites (N-methyl/N-ethyl adjacent to an activating group) is 1. The zero-order valence-electron chi connectivity index (χ0n) is 9.43. The van der Waals surface area contributed by atoms with E-state index in [0.29, 0.717) is 6.42 Å². The van der Waals surface area contributed by atoms with Crippen molar-refractivity contribution in [3.05, 3.63) is 0 Å². The van der Waals surface area contributed by atoms with Crippen LogP contribution in [0.1, 0.15) is 26.7 Å². The van der Waals surface area contributed by atoms with Gasteiger partial charge in [-0.3, -0.25) is 14.5 Å². The van der Waals surface area contributed by atoms with E-state index in [4.69, 9.17) is 10.2 Å². The standard InChI is InChI=1S/C10H19NO4/c1-7(2)6-8(10(14)15)11(3)5-4-9(12)13/h7-8H,4-6H2,1-3H3,(H,12,13)(H,14,15). The molecule has 1 unspecified atom stereocenters. The van der Waals surface area contributed by atoms with Crippen LogP contribution in [-0.2, 0) is 9.59 Å². The summed E-state index contributed by atoms with van der Waals surface area (Å²) in [4.78, 5) is 22.9. The van der Waals surface area contributed by atoms with Gasteiger partial charge >= 0.3 is 11.9 Å². The second kappa shape index (κ2) is 6.40. The molecule has 0 aromatic rings. The SMILES string of the molecule is CC(C)CC(C(=O)O)N(C)CCC(=O)O. The Morgan fingerprint density at radius 1 is 1.27 bits per heavy atom. The van der Waals surface area contributed by atoms with E-state index in [1.807, 2.05) is 13.8 Å². The van der Waals surface area contributed by atoms with Gasteiger partial charge < -0.3 is 10.2 Å². The molecule has 0 aliphatic heterocycles. The number of hydrogen-bond donors (Lipinski definition) is 2. The van der Waals surface area contributed by atoms with Gasteiger partial charge in [0.25, 0.3) is 0 Å². The second-order valence-electron chi connectivity index (χ2n) is 4.11. The van der Waals surface area contributed by atoms with E-state index in [0.717, 1.165) is 0 Å². The van der Waals surface area contributed by atoms with Crippen molar-refractivity contribution in [2.24, 2.45) is 5.92 Å². The maximum absolute atomic E-state index is 10.9. The third-order valence-corrected chi connectivity index (χ3v) is 2.19. The molecule has 0 aliphatic carbocycles. The summed E-state index contributed by atoms with van der Waals surface area (Å²) in [5, 5.41) is 17.5. The van der Waals surface area contributed by atoms with Crippen LogP contribution in [-0.4, -0.2) is 46.7 Å². The van der Waals surface area contributed by atoms with E-state index < -0.39 is 18.0 Å². The summed E-state index contributed by atoms with van der Waals surface area (Å²) in [5.41, 5.74) is 0. The molecular formula is C10H19NO4. The number of hydrogen-bond acceptors (Lipinski definition) is 3. The Balaban J connectivity index is 4.22. The van der Waals surface area contributed by atoms with Crippen molar-refractivity contribution < 1.29 is 19.8 Å². The zero-order chi connectivity index (χ0) is 12.0. The topological polar surface area (TPSA) is 77.8 Å². The number of carbonyl (C=O) groups is 2. The van der Waals surface area contributed by atoms with Gasteiger partial charge in [0.15, 0.2) is 0 Å². The fourth-order valence-electron chi connectivity index (χ4n) is 1.34. The van der Waals surface area contributed by atoms with E-state index in [1.54, 1.807) is 11.9 Å². The molecule has 15 heavy (non-hydrogen) atoms. The molecule has 5 nitrogen and oxygen atoms in total. The molecule has 0 saturated heterocycles. The quantitative estimate of drug-likeness (QED) is 0.662. The minimum atomic E-state index is -0.907. The summed E-state index contributed by atoms with van der Waals surface area (Å²) >= 11 is 0. The Morgan fingerprint density at radius 3 is 2.13 bits per heavy atom. The van der Waals surface area contributed by atoms with Gasteiger partial charge in [0, 0.05) is 6.54 Å². The maximum atomic E-state index is 10.9. The minimum absolute atomic E-state index is 0.0294. The highest BCUT2D eigenvalue weighted by molar-refractivity contribution is 5.73. The molecule has 0 fully saturated rings. The highest BCUT2D eigenvalue weighted by atomic mass is 16.4. The summed E-state index contributed by atoms with van der Waals surface area (Å²) in [7, 11) is 1.64. The smallest absolute Gasteiger partial charge is 0.320 e. The first-order chi connectivity index (χ1) is 6.84. The molecule has 88 valence electrons. The van der Waals surface area contributed by atoms with Crippen LogP contribution in [0.2, 0.25) is 0 Å². The minimum Gasteiger partial charge on any atom is -0.481 e. The molecule has 5 heteroatoms. The molecule has 1 atom stereocenters. The Labute approximate surface area is 89.7 Å². The van der Waals surface area contributed by atoms with E-state index >= 15 is 0 Å². The van der Waals surface area contributed by atoms with E-state index in [1.165, 1.54) is 0 Å². The molecule has 0 bridgehead atoms. The Bertz CT molecular complexity index is 227. The molecule has 0 rings (SSSR count). The van der Waals surface area contributed by atoms with Crippen molar-refractivity contribution in [1.29, 1.82) is 0 Å². The van der Waals surface area contributed by atoms with Crippen molar-refractivity contribution in [3.63, 3.8) is 0 Å². The first-order valence-corrected chi connectivity index (χ1v) is 4.99. The first kappa shape index (κ1) is 13.9. The zero-order valence-corrected chi connectivity index (χ0v) is 9.43. The third-order valence-electron chi connectivity index (χ3n) is 2.19. The molecule has 0 saturated carbocycles. The van der Waals surface area contributed by atoms with Crippen molar-refractivity contribution in [2.75, 3.05) is 13.6 Å². The molecular weight excluding hydrogens is 198 g/mol. The van der Waals surface area contributed by atoms with Crippen LogP contribution in [0.4, 0.5) is 0 Å². The van der Waals surface area contributed by atoms with Crippen LogP contribution in [0.15, 0.2) is 0 Å². The Kier molecular flexibility index (Phi) is 5.93. The van der Waals surface area contributed by atoms with Gasteiger partial charge in [-0.15, -0.1) is 0 Å². The second-order valence-corrected chi connectivity index (χ2v) is 4.11. The monoisotopic (exact) mass is 217 g/mol. The fourth-order valence-corrected chi connectivity index (χ4v) is 1.34.